The van der Waals surface area contributed by atoms with Gasteiger partial charge >= 0.3 is 12.1 Å². The Balaban J connectivity index is 2.48. The van der Waals surface area contributed by atoms with E-state index in [0.717, 1.165) is 0 Å². The van der Waals surface area contributed by atoms with Gasteiger partial charge in [0, 0.05) is 5.02 Å². The van der Waals surface area contributed by atoms with E-state index in [1.165, 1.54) is 12.1 Å². The van der Waals surface area contributed by atoms with Crippen molar-refractivity contribution in [2.24, 2.45) is 5.92 Å². The second-order valence-corrected chi connectivity index (χ2v) is 5.08. The van der Waals surface area contributed by atoms with Crippen LogP contribution in [0.3, 0.4) is 0 Å². The molecule has 0 saturated carbocycles. The van der Waals surface area contributed by atoms with Crippen LogP contribution in [0.5, 0.6) is 0 Å². The summed E-state index contributed by atoms with van der Waals surface area (Å²) in [6.45, 7) is 0. The van der Waals surface area contributed by atoms with E-state index in [1.807, 2.05) is 0 Å². The summed E-state index contributed by atoms with van der Waals surface area (Å²) in [6, 6.07) is 0.554. The molecule has 0 aromatic heterocycles. The Bertz CT molecular complexity index is 533. The van der Waals surface area contributed by atoms with E-state index in [9.17, 15) is 18.0 Å². The third kappa shape index (κ3) is 2.74. The van der Waals surface area contributed by atoms with Gasteiger partial charge in [0.1, 0.15) is 6.04 Å². The molecule has 2 N–H and O–H groups in total. The maximum atomic E-state index is 12.9. The molecular formula is C11H8Cl2F3NO2. The normalized spacial score (nSPS) is 22.6. The molecule has 0 aliphatic carbocycles. The van der Waals surface area contributed by atoms with Gasteiger partial charge in [0.05, 0.1) is 16.6 Å². The molecule has 0 spiro atoms. The first-order valence-corrected chi connectivity index (χ1v) is 5.99. The number of alkyl halides is 3. The molecule has 0 fully saturated rings. The molecule has 8 heteroatoms. The Morgan fingerprint density at radius 2 is 2.00 bits per heavy atom. The molecule has 1 aliphatic heterocycles. The topological polar surface area (TPSA) is 49.3 Å². The van der Waals surface area contributed by atoms with Crippen molar-refractivity contribution in [3.05, 3.63) is 27.7 Å². The highest BCUT2D eigenvalue weighted by Crippen LogP contribution is 2.41. The van der Waals surface area contributed by atoms with Gasteiger partial charge in [0.2, 0.25) is 0 Å². The van der Waals surface area contributed by atoms with Crippen LogP contribution in [0.15, 0.2) is 12.1 Å². The van der Waals surface area contributed by atoms with Gasteiger partial charge in [-0.2, -0.15) is 13.2 Å². The number of fused-ring (bicyclic) bond motifs is 1. The van der Waals surface area contributed by atoms with Gasteiger partial charge in [-0.3, -0.25) is 4.79 Å². The van der Waals surface area contributed by atoms with E-state index >= 15 is 0 Å². The van der Waals surface area contributed by atoms with Crippen LogP contribution in [-0.2, 0) is 11.2 Å². The fraction of sp³-hybridized carbons (Fsp3) is 0.364. The van der Waals surface area contributed by atoms with Crippen molar-refractivity contribution in [3.8, 4) is 0 Å². The minimum absolute atomic E-state index is 0.0422. The summed E-state index contributed by atoms with van der Waals surface area (Å²) in [4.78, 5) is 11.0. The first-order valence-electron chi connectivity index (χ1n) is 5.24. The number of anilines is 1. The number of nitrogens with one attached hydrogen (secondary N) is 1. The molecule has 0 bridgehead atoms. The average molecular weight is 314 g/mol. The number of carbonyl (C=O) groups is 1. The standard InChI is InChI=1S/C11H8Cl2F3NO2/c12-5-1-4-2-6(10(18)19)9(11(14,15)16)17-8(4)7(13)3-5/h1,3,6,9,17H,2H2,(H,18,19). The first kappa shape index (κ1) is 14.3. The van der Waals surface area contributed by atoms with Crippen molar-refractivity contribution in [1.29, 1.82) is 0 Å². The molecular weight excluding hydrogens is 306 g/mol. The Kier molecular flexibility index (Phi) is 3.57. The van der Waals surface area contributed by atoms with Gasteiger partial charge in [0.15, 0.2) is 0 Å². The Hall–Kier alpha value is -1.14. The molecule has 0 amide bonds. The molecule has 0 saturated heterocycles. The summed E-state index contributed by atoms with van der Waals surface area (Å²) in [6.07, 6.45) is -4.95. The van der Waals surface area contributed by atoms with E-state index in [-0.39, 0.29) is 22.2 Å². The van der Waals surface area contributed by atoms with Crippen molar-refractivity contribution >= 4 is 34.9 Å². The fourth-order valence-corrected chi connectivity index (χ4v) is 2.69. The summed E-state index contributed by atoms with van der Waals surface area (Å²) in [5.41, 5.74) is 0.455. The van der Waals surface area contributed by atoms with E-state index in [2.05, 4.69) is 5.32 Å². The molecule has 3 nitrogen and oxygen atoms in total. The van der Waals surface area contributed by atoms with Crippen molar-refractivity contribution in [1.82, 2.24) is 0 Å². The maximum absolute atomic E-state index is 12.9. The molecule has 104 valence electrons. The SMILES string of the molecule is O=C(O)C1Cc2cc(Cl)cc(Cl)c2NC1C(F)(F)F. The second kappa shape index (κ2) is 4.76. The molecule has 1 aliphatic rings. The van der Waals surface area contributed by atoms with Gasteiger partial charge in [-0.05, 0) is 24.1 Å². The summed E-state index contributed by atoms with van der Waals surface area (Å²) < 4.78 is 38.6. The molecule has 0 radical (unpaired) electrons. The molecule has 1 aromatic carbocycles. The lowest BCUT2D eigenvalue weighted by molar-refractivity contribution is -0.169. The van der Waals surface area contributed by atoms with Crippen LogP contribution in [0.25, 0.3) is 0 Å². The van der Waals surface area contributed by atoms with Crippen LogP contribution in [-0.4, -0.2) is 23.3 Å². The zero-order valence-electron chi connectivity index (χ0n) is 9.26. The quantitative estimate of drug-likeness (QED) is 0.833. The first-order chi connectivity index (χ1) is 8.70. The Morgan fingerprint density at radius 3 is 2.53 bits per heavy atom. The van der Waals surface area contributed by atoms with Gasteiger partial charge in [0.25, 0.3) is 0 Å². The van der Waals surface area contributed by atoms with Crippen molar-refractivity contribution < 1.29 is 23.1 Å². The summed E-state index contributed by atoms with van der Waals surface area (Å²) >= 11 is 11.6. The van der Waals surface area contributed by atoms with Crippen LogP contribution in [0, 0.1) is 5.92 Å². The molecule has 2 atom stereocenters. The van der Waals surface area contributed by atoms with Crippen molar-refractivity contribution in [2.75, 3.05) is 5.32 Å². The van der Waals surface area contributed by atoms with E-state index in [1.54, 1.807) is 0 Å². The fourth-order valence-electron chi connectivity index (χ4n) is 2.10. The van der Waals surface area contributed by atoms with Gasteiger partial charge in [-0.15, -0.1) is 0 Å². The lowest BCUT2D eigenvalue weighted by atomic mass is 9.87. The van der Waals surface area contributed by atoms with E-state index in [0.29, 0.717) is 5.56 Å². The second-order valence-electron chi connectivity index (χ2n) is 4.23. The highest BCUT2D eigenvalue weighted by molar-refractivity contribution is 6.36. The van der Waals surface area contributed by atoms with Gasteiger partial charge in [-0.1, -0.05) is 23.2 Å². The van der Waals surface area contributed by atoms with Crippen molar-refractivity contribution in [2.45, 2.75) is 18.6 Å². The smallest absolute Gasteiger partial charge is 0.409 e. The number of hydrogen-bond acceptors (Lipinski definition) is 2. The van der Waals surface area contributed by atoms with E-state index < -0.39 is 24.1 Å². The molecule has 2 rings (SSSR count). The van der Waals surface area contributed by atoms with Crippen molar-refractivity contribution in [3.63, 3.8) is 0 Å². The predicted molar refractivity (Wildman–Crippen MR) is 64.8 cm³/mol. The monoisotopic (exact) mass is 313 g/mol. The molecule has 1 aromatic rings. The minimum Gasteiger partial charge on any atom is -0.481 e. The summed E-state index contributed by atoms with van der Waals surface area (Å²) in [5, 5.41) is 11.4. The largest absolute Gasteiger partial charge is 0.481 e. The number of carboxylic acid groups (broad SMARTS) is 1. The molecule has 2 unspecified atom stereocenters. The lowest BCUT2D eigenvalue weighted by Crippen LogP contribution is -2.49. The zero-order valence-corrected chi connectivity index (χ0v) is 10.8. The number of benzene rings is 1. The van der Waals surface area contributed by atoms with Crippen LogP contribution in [0.2, 0.25) is 10.0 Å². The highest BCUT2D eigenvalue weighted by atomic mass is 35.5. The Labute approximate surface area is 116 Å². The number of hydrogen-bond donors (Lipinski definition) is 2. The van der Waals surface area contributed by atoms with Crippen LogP contribution < -0.4 is 5.32 Å². The zero-order chi connectivity index (χ0) is 14.4. The average Bonchev–Trinajstić information content (AvgIpc) is 2.25. The highest BCUT2D eigenvalue weighted by Gasteiger charge is 2.50. The lowest BCUT2D eigenvalue weighted by Gasteiger charge is -2.34. The number of rotatable bonds is 1. The summed E-state index contributed by atoms with van der Waals surface area (Å²) in [7, 11) is 0. The third-order valence-electron chi connectivity index (χ3n) is 2.95. The van der Waals surface area contributed by atoms with Gasteiger partial charge in [-0.25, -0.2) is 0 Å². The maximum Gasteiger partial charge on any atom is 0.409 e. The minimum atomic E-state index is -4.68. The molecule has 19 heavy (non-hydrogen) atoms. The van der Waals surface area contributed by atoms with E-state index in [4.69, 9.17) is 28.3 Å². The number of carboxylic acids is 1. The summed E-state index contributed by atoms with van der Waals surface area (Å²) in [5.74, 6) is -3.13. The predicted octanol–water partition coefficient (Wildman–Crippen LogP) is 3.59. The van der Waals surface area contributed by atoms with Crippen LogP contribution in [0.1, 0.15) is 5.56 Å². The van der Waals surface area contributed by atoms with Crippen LogP contribution in [0.4, 0.5) is 18.9 Å². The number of halogens is 5. The third-order valence-corrected chi connectivity index (χ3v) is 3.46. The van der Waals surface area contributed by atoms with Gasteiger partial charge < -0.3 is 10.4 Å². The van der Waals surface area contributed by atoms with Crippen LogP contribution >= 0.6 is 23.2 Å². The Morgan fingerprint density at radius 1 is 1.37 bits per heavy atom. The number of aliphatic carboxylic acids is 1. The molecule has 1 heterocycles.